The molecule has 0 bridgehead atoms. The highest BCUT2D eigenvalue weighted by Crippen LogP contribution is 2.33. The number of aromatic nitrogens is 1. The largest absolute Gasteiger partial charge is 0.460 e. The van der Waals surface area contributed by atoms with Crippen LogP contribution in [-0.2, 0) is 23.2 Å². The van der Waals surface area contributed by atoms with Crippen LogP contribution in [0, 0.1) is 0 Å². The molecule has 0 radical (unpaired) electrons. The molecule has 1 atom stereocenters. The highest BCUT2D eigenvalue weighted by atomic mass is 16.5. The van der Waals surface area contributed by atoms with Crippen molar-refractivity contribution in [2.45, 2.75) is 12.5 Å². The van der Waals surface area contributed by atoms with Gasteiger partial charge in [0.05, 0.1) is 0 Å². The van der Waals surface area contributed by atoms with Crippen LogP contribution >= 0.6 is 0 Å². The van der Waals surface area contributed by atoms with Crippen molar-refractivity contribution in [1.29, 1.82) is 0 Å². The molecular weight excluding hydrogens is 382 g/mol. The van der Waals surface area contributed by atoms with Crippen LogP contribution in [0.5, 0.6) is 0 Å². The third-order valence-electron chi connectivity index (χ3n) is 5.86. The first-order valence-corrected chi connectivity index (χ1v) is 10.4. The molecule has 0 amide bonds. The molecule has 0 spiro atoms. The summed E-state index contributed by atoms with van der Waals surface area (Å²) in [5.74, 6) is -0.720. The van der Waals surface area contributed by atoms with E-state index >= 15 is 0 Å². The van der Waals surface area contributed by atoms with Gasteiger partial charge in [-0.05, 0) is 34.9 Å². The van der Waals surface area contributed by atoms with Gasteiger partial charge in [0.2, 0.25) is 0 Å². The number of hydrogen-bond acceptors (Lipinski definition) is 2. The zero-order valence-corrected chi connectivity index (χ0v) is 17.4. The summed E-state index contributed by atoms with van der Waals surface area (Å²) >= 11 is 0. The summed E-state index contributed by atoms with van der Waals surface area (Å²) in [5, 5.41) is 2.33. The number of benzene rings is 4. The molecule has 3 heteroatoms. The van der Waals surface area contributed by atoms with E-state index in [1.807, 2.05) is 66.7 Å². The Hall–Kier alpha value is -3.85. The third kappa shape index (κ3) is 3.59. The van der Waals surface area contributed by atoms with E-state index in [-0.39, 0.29) is 12.6 Å². The van der Waals surface area contributed by atoms with E-state index < -0.39 is 5.92 Å². The van der Waals surface area contributed by atoms with Crippen LogP contribution in [-0.4, -0.2) is 10.5 Å². The average Bonchev–Trinajstić information content (AvgIpc) is 3.11. The third-order valence-corrected chi connectivity index (χ3v) is 5.86. The first-order chi connectivity index (χ1) is 15.2. The summed E-state index contributed by atoms with van der Waals surface area (Å²) in [4.78, 5) is 13.3. The molecule has 0 N–H and O–H groups in total. The van der Waals surface area contributed by atoms with Crippen LogP contribution in [0.3, 0.4) is 0 Å². The Balaban J connectivity index is 1.57. The SMILES string of the molecule is Cn1c2ccccc2c2cc(C(C(=O)OCc3ccccc3)c3ccccc3)ccc21. The molecule has 1 aromatic heterocycles. The van der Waals surface area contributed by atoms with Gasteiger partial charge in [0.25, 0.3) is 0 Å². The van der Waals surface area contributed by atoms with Crippen LogP contribution in [0.25, 0.3) is 21.8 Å². The number of fused-ring (bicyclic) bond motifs is 3. The van der Waals surface area contributed by atoms with E-state index in [2.05, 4.69) is 48.0 Å². The molecule has 5 rings (SSSR count). The minimum atomic E-state index is -0.478. The predicted molar refractivity (Wildman–Crippen MR) is 125 cm³/mol. The van der Waals surface area contributed by atoms with Crippen LogP contribution in [0.15, 0.2) is 103 Å². The van der Waals surface area contributed by atoms with Crippen molar-refractivity contribution in [2.24, 2.45) is 7.05 Å². The molecule has 0 aliphatic heterocycles. The van der Waals surface area contributed by atoms with E-state index in [4.69, 9.17) is 4.74 Å². The van der Waals surface area contributed by atoms with Gasteiger partial charge in [-0.3, -0.25) is 4.79 Å². The van der Waals surface area contributed by atoms with Gasteiger partial charge in [-0.25, -0.2) is 0 Å². The Morgan fingerprint density at radius 1 is 0.742 bits per heavy atom. The van der Waals surface area contributed by atoms with Gasteiger partial charge in [-0.15, -0.1) is 0 Å². The van der Waals surface area contributed by atoms with Crippen molar-refractivity contribution < 1.29 is 9.53 Å². The number of para-hydroxylation sites is 1. The molecule has 0 aliphatic rings. The zero-order valence-electron chi connectivity index (χ0n) is 17.4. The van der Waals surface area contributed by atoms with Crippen LogP contribution < -0.4 is 0 Å². The van der Waals surface area contributed by atoms with Gasteiger partial charge in [-0.1, -0.05) is 84.9 Å². The summed E-state index contributed by atoms with van der Waals surface area (Å²) in [6.45, 7) is 0.263. The zero-order chi connectivity index (χ0) is 21.2. The van der Waals surface area contributed by atoms with Gasteiger partial charge < -0.3 is 9.30 Å². The van der Waals surface area contributed by atoms with Gasteiger partial charge in [0.15, 0.2) is 0 Å². The number of aryl methyl sites for hydroxylation is 1. The normalized spacial score (nSPS) is 12.2. The summed E-state index contributed by atoms with van der Waals surface area (Å²) in [6.07, 6.45) is 0. The highest BCUT2D eigenvalue weighted by molar-refractivity contribution is 6.08. The molecule has 1 heterocycles. The number of esters is 1. The van der Waals surface area contributed by atoms with Crippen LogP contribution in [0.4, 0.5) is 0 Å². The number of nitrogens with zero attached hydrogens (tertiary/aromatic N) is 1. The quantitative estimate of drug-likeness (QED) is 0.326. The maximum Gasteiger partial charge on any atom is 0.318 e. The topological polar surface area (TPSA) is 31.2 Å². The predicted octanol–water partition coefficient (Wildman–Crippen LogP) is 6.21. The molecule has 0 saturated carbocycles. The fraction of sp³-hybridized carbons (Fsp3) is 0.107. The van der Waals surface area contributed by atoms with Crippen molar-refractivity contribution in [3.8, 4) is 0 Å². The van der Waals surface area contributed by atoms with E-state index in [1.165, 1.54) is 10.9 Å². The number of carbonyl (C=O) groups excluding carboxylic acids is 1. The molecule has 3 nitrogen and oxygen atoms in total. The molecule has 152 valence electrons. The second-order valence-corrected chi connectivity index (χ2v) is 7.79. The number of rotatable bonds is 5. The van der Waals surface area contributed by atoms with Crippen molar-refractivity contribution in [3.05, 3.63) is 120 Å². The Morgan fingerprint density at radius 3 is 2.16 bits per heavy atom. The second kappa shape index (κ2) is 8.11. The molecule has 0 fully saturated rings. The lowest BCUT2D eigenvalue weighted by Gasteiger charge is -2.17. The minimum absolute atomic E-state index is 0.241. The highest BCUT2D eigenvalue weighted by Gasteiger charge is 2.25. The van der Waals surface area contributed by atoms with Crippen molar-refractivity contribution in [2.75, 3.05) is 0 Å². The lowest BCUT2D eigenvalue weighted by molar-refractivity contribution is -0.145. The summed E-state index contributed by atoms with van der Waals surface area (Å²) < 4.78 is 7.95. The molecule has 0 aliphatic carbocycles. The Bertz CT molecular complexity index is 1350. The van der Waals surface area contributed by atoms with Gasteiger partial charge >= 0.3 is 5.97 Å². The lowest BCUT2D eigenvalue weighted by Crippen LogP contribution is -2.17. The van der Waals surface area contributed by atoms with Gasteiger partial charge in [0.1, 0.15) is 12.5 Å². The van der Waals surface area contributed by atoms with E-state index in [1.54, 1.807) is 0 Å². The van der Waals surface area contributed by atoms with Gasteiger partial charge in [0, 0.05) is 28.9 Å². The van der Waals surface area contributed by atoms with E-state index in [9.17, 15) is 4.79 Å². The lowest BCUT2D eigenvalue weighted by atomic mass is 9.90. The monoisotopic (exact) mass is 405 g/mol. The summed E-state index contributed by atoms with van der Waals surface area (Å²) in [5.41, 5.74) is 5.17. The van der Waals surface area contributed by atoms with Crippen molar-refractivity contribution >= 4 is 27.8 Å². The fourth-order valence-electron chi connectivity index (χ4n) is 4.29. The smallest absolute Gasteiger partial charge is 0.318 e. The first-order valence-electron chi connectivity index (χ1n) is 10.4. The fourth-order valence-corrected chi connectivity index (χ4v) is 4.29. The second-order valence-electron chi connectivity index (χ2n) is 7.79. The minimum Gasteiger partial charge on any atom is -0.460 e. The summed E-state index contributed by atoms with van der Waals surface area (Å²) in [7, 11) is 2.08. The molecule has 5 aromatic rings. The van der Waals surface area contributed by atoms with E-state index in [0.29, 0.717) is 0 Å². The van der Waals surface area contributed by atoms with Gasteiger partial charge in [-0.2, -0.15) is 0 Å². The number of ether oxygens (including phenoxy) is 1. The molecule has 0 saturated heterocycles. The molecule has 31 heavy (non-hydrogen) atoms. The van der Waals surface area contributed by atoms with E-state index in [0.717, 1.165) is 27.6 Å². The standard InChI is InChI=1S/C28H23NO2/c1-29-25-15-9-8-14-23(25)24-18-22(16-17-26(24)29)27(21-12-6-3-7-13-21)28(30)31-19-20-10-4-2-5-11-20/h2-18,27H,19H2,1H3. The Kier molecular flexibility index (Phi) is 5.01. The van der Waals surface area contributed by atoms with Crippen LogP contribution in [0.2, 0.25) is 0 Å². The Labute approximate surface area is 181 Å². The summed E-state index contributed by atoms with van der Waals surface area (Å²) in [6, 6.07) is 34.3. The first kappa shape index (κ1) is 19.1. The maximum atomic E-state index is 13.3. The number of carbonyl (C=O) groups is 1. The molecular formula is C28H23NO2. The maximum absolute atomic E-state index is 13.3. The van der Waals surface area contributed by atoms with Crippen LogP contribution in [0.1, 0.15) is 22.6 Å². The molecule has 1 unspecified atom stereocenters. The average molecular weight is 405 g/mol. The van der Waals surface area contributed by atoms with Crippen molar-refractivity contribution in [1.82, 2.24) is 4.57 Å². The Morgan fingerprint density at radius 2 is 1.39 bits per heavy atom. The molecule has 4 aromatic carbocycles. The number of hydrogen-bond donors (Lipinski definition) is 0. The van der Waals surface area contributed by atoms with Crippen molar-refractivity contribution in [3.63, 3.8) is 0 Å².